The summed E-state index contributed by atoms with van der Waals surface area (Å²) in [6.07, 6.45) is 0. The maximum atomic E-state index is 11.3. The molecule has 1 aromatic rings. The number of phenolic OH excluding ortho intramolecular Hbond substituents is 1. The highest BCUT2D eigenvalue weighted by Crippen LogP contribution is 2.33. The van der Waals surface area contributed by atoms with Crippen molar-refractivity contribution in [3.8, 4) is 11.5 Å². The van der Waals surface area contributed by atoms with Gasteiger partial charge in [-0.2, -0.15) is 0 Å². The van der Waals surface area contributed by atoms with E-state index in [0.29, 0.717) is 4.47 Å². The number of halogens is 2. The number of ketones is 1. The van der Waals surface area contributed by atoms with Gasteiger partial charge >= 0.3 is 0 Å². The van der Waals surface area contributed by atoms with Crippen LogP contribution >= 0.6 is 27.5 Å². The van der Waals surface area contributed by atoms with Gasteiger partial charge in [-0.1, -0.05) is 15.9 Å². The Balaban J connectivity index is 3.29. The van der Waals surface area contributed by atoms with E-state index in [9.17, 15) is 9.90 Å². The van der Waals surface area contributed by atoms with Crippen LogP contribution in [0.5, 0.6) is 11.5 Å². The molecular weight excluding hydrogens is 271 g/mol. The van der Waals surface area contributed by atoms with Crippen molar-refractivity contribution >= 4 is 33.3 Å². The first-order valence-corrected chi connectivity index (χ1v) is 5.08. The van der Waals surface area contributed by atoms with Crippen molar-refractivity contribution in [2.45, 2.75) is 0 Å². The molecule has 14 heavy (non-hydrogen) atoms. The number of benzene rings is 1. The van der Waals surface area contributed by atoms with E-state index in [1.165, 1.54) is 13.2 Å². The van der Waals surface area contributed by atoms with E-state index in [1.54, 1.807) is 6.07 Å². The van der Waals surface area contributed by atoms with Gasteiger partial charge in [0, 0.05) is 4.47 Å². The predicted molar refractivity (Wildman–Crippen MR) is 57.4 cm³/mol. The summed E-state index contributed by atoms with van der Waals surface area (Å²) >= 11 is 8.59. The van der Waals surface area contributed by atoms with Crippen LogP contribution in [-0.2, 0) is 0 Å². The molecule has 0 aliphatic rings. The van der Waals surface area contributed by atoms with Crippen LogP contribution in [0.2, 0.25) is 0 Å². The Kier molecular flexibility index (Phi) is 3.77. The van der Waals surface area contributed by atoms with E-state index >= 15 is 0 Å². The molecule has 1 aromatic carbocycles. The molecule has 0 spiro atoms. The molecule has 1 rings (SSSR count). The van der Waals surface area contributed by atoms with Crippen LogP contribution in [0, 0.1) is 0 Å². The number of phenols is 1. The molecule has 5 heteroatoms. The third-order valence-electron chi connectivity index (χ3n) is 1.68. The van der Waals surface area contributed by atoms with Gasteiger partial charge in [0.05, 0.1) is 18.6 Å². The third-order valence-corrected chi connectivity index (χ3v) is 2.38. The summed E-state index contributed by atoms with van der Waals surface area (Å²) in [4.78, 5) is 11.3. The first kappa shape index (κ1) is 11.3. The average molecular weight is 280 g/mol. The van der Waals surface area contributed by atoms with Crippen molar-refractivity contribution in [3.05, 3.63) is 22.2 Å². The minimum atomic E-state index is -0.344. The van der Waals surface area contributed by atoms with Gasteiger partial charge in [-0.25, -0.2) is 0 Å². The molecule has 76 valence electrons. The quantitative estimate of drug-likeness (QED) is 0.683. The topological polar surface area (TPSA) is 46.5 Å². The van der Waals surface area contributed by atoms with Crippen LogP contribution in [0.25, 0.3) is 0 Å². The standard InChI is InChI=1S/C9H8BrClO3/c1-14-8-3-5(10)2-6(9(8)13)7(12)4-11/h2-3,13H,4H2,1H3. The smallest absolute Gasteiger partial charge is 0.181 e. The van der Waals surface area contributed by atoms with Crippen LogP contribution in [-0.4, -0.2) is 23.9 Å². The van der Waals surface area contributed by atoms with Crippen molar-refractivity contribution in [1.29, 1.82) is 0 Å². The Morgan fingerprint density at radius 3 is 2.79 bits per heavy atom. The zero-order chi connectivity index (χ0) is 10.7. The van der Waals surface area contributed by atoms with E-state index in [2.05, 4.69) is 15.9 Å². The van der Waals surface area contributed by atoms with Crippen molar-refractivity contribution in [2.24, 2.45) is 0 Å². The number of carbonyl (C=O) groups excluding carboxylic acids is 1. The van der Waals surface area contributed by atoms with Crippen LogP contribution < -0.4 is 4.74 Å². The number of aromatic hydroxyl groups is 1. The molecule has 3 nitrogen and oxygen atoms in total. The highest BCUT2D eigenvalue weighted by molar-refractivity contribution is 9.10. The molecule has 0 heterocycles. The number of alkyl halides is 1. The van der Waals surface area contributed by atoms with Crippen molar-refractivity contribution in [1.82, 2.24) is 0 Å². The van der Waals surface area contributed by atoms with Gasteiger partial charge in [-0.05, 0) is 12.1 Å². The van der Waals surface area contributed by atoms with E-state index in [1.807, 2.05) is 0 Å². The monoisotopic (exact) mass is 278 g/mol. The highest BCUT2D eigenvalue weighted by Gasteiger charge is 2.15. The molecule has 0 amide bonds. The van der Waals surface area contributed by atoms with Gasteiger partial charge in [0.1, 0.15) is 0 Å². The van der Waals surface area contributed by atoms with Crippen molar-refractivity contribution in [3.63, 3.8) is 0 Å². The lowest BCUT2D eigenvalue weighted by Gasteiger charge is -2.07. The summed E-state index contributed by atoms with van der Waals surface area (Å²) in [5.41, 5.74) is 0.159. The van der Waals surface area contributed by atoms with Crippen LogP contribution in [0.1, 0.15) is 10.4 Å². The zero-order valence-corrected chi connectivity index (χ0v) is 9.72. The molecule has 0 fully saturated rings. The van der Waals surface area contributed by atoms with E-state index in [4.69, 9.17) is 16.3 Å². The molecule has 0 aliphatic carbocycles. The normalized spacial score (nSPS) is 9.93. The van der Waals surface area contributed by atoms with E-state index in [0.717, 1.165) is 0 Å². The Labute approximate surface area is 94.8 Å². The fraction of sp³-hybridized carbons (Fsp3) is 0.222. The Hall–Kier alpha value is -0.740. The lowest BCUT2D eigenvalue weighted by Crippen LogP contribution is -2.01. The number of methoxy groups -OCH3 is 1. The molecule has 0 aromatic heterocycles. The number of hydrogen-bond donors (Lipinski definition) is 1. The second-order valence-corrected chi connectivity index (χ2v) is 3.74. The van der Waals surface area contributed by atoms with Gasteiger partial charge in [-0.3, -0.25) is 4.79 Å². The Morgan fingerprint density at radius 2 is 2.29 bits per heavy atom. The van der Waals surface area contributed by atoms with Gasteiger partial charge < -0.3 is 9.84 Å². The fourth-order valence-electron chi connectivity index (χ4n) is 1.01. The minimum absolute atomic E-state index is 0.159. The SMILES string of the molecule is COc1cc(Br)cc(C(=O)CCl)c1O. The van der Waals surface area contributed by atoms with Crippen LogP contribution in [0.4, 0.5) is 0 Å². The van der Waals surface area contributed by atoms with Gasteiger partial charge in [-0.15, -0.1) is 11.6 Å². The number of ether oxygens (including phenoxy) is 1. The van der Waals surface area contributed by atoms with E-state index < -0.39 is 0 Å². The molecule has 0 saturated heterocycles. The summed E-state index contributed by atoms with van der Waals surface area (Å²) < 4.78 is 5.54. The average Bonchev–Trinajstić information content (AvgIpc) is 2.19. The summed E-state index contributed by atoms with van der Waals surface area (Å²) in [5, 5.41) is 9.59. The Bertz CT molecular complexity index is 365. The molecule has 0 saturated carbocycles. The molecule has 0 radical (unpaired) electrons. The number of rotatable bonds is 3. The first-order valence-electron chi connectivity index (χ1n) is 3.75. The van der Waals surface area contributed by atoms with Crippen molar-refractivity contribution in [2.75, 3.05) is 13.0 Å². The first-order chi connectivity index (χ1) is 6.60. The summed E-state index contributed by atoms with van der Waals surface area (Å²) in [5.74, 6) is -0.453. The molecule has 0 bridgehead atoms. The minimum Gasteiger partial charge on any atom is -0.504 e. The molecule has 0 atom stereocenters. The number of Topliss-reactive ketones (excluding diaryl/α,β-unsaturated/α-hetero) is 1. The van der Waals surface area contributed by atoms with Crippen molar-refractivity contribution < 1.29 is 14.6 Å². The lowest BCUT2D eigenvalue weighted by molar-refractivity contribution is 0.101. The molecule has 1 N–H and O–H groups in total. The third kappa shape index (κ3) is 2.19. The van der Waals surface area contributed by atoms with Gasteiger partial charge in [0.15, 0.2) is 17.3 Å². The highest BCUT2D eigenvalue weighted by atomic mass is 79.9. The lowest BCUT2D eigenvalue weighted by atomic mass is 10.1. The second kappa shape index (κ2) is 4.66. The number of carbonyl (C=O) groups is 1. The summed E-state index contributed by atoms with van der Waals surface area (Å²) in [6, 6.07) is 3.07. The zero-order valence-electron chi connectivity index (χ0n) is 7.38. The molecule has 0 unspecified atom stereocenters. The van der Waals surface area contributed by atoms with Crippen LogP contribution in [0.3, 0.4) is 0 Å². The molecular formula is C9H8BrClO3. The van der Waals surface area contributed by atoms with Gasteiger partial charge in [0.25, 0.3) is 0 Å². The van der Waals surface area contributed by atoms with E-state index in [-0.39, 0.29) is 28.7 Å². The molecule has 0 aliphatic heterocycles. The maximum Gasteiger partial charge on any atom is 0.181 e. The second-order valence-electron chi connectivity index (χ2n) is 2.56. The summed E-state index contributed by atoms with van der Waals surface area (Å²) in [6.45, 7) is 0. The maximum absolute atomic E-state index is 11.3. The fourth-order valence-corrected chi connectivity index (χ4v) is 1.60. The van der Waals surface area contributed by atoms with Crippen LogP contribution in [0.15, 0.2) is 16.6 Å². The summed E-state index contributed by atoms with van der Waals surface area (Å²) in [7, 11) is 1.41. The largest absolute Gasteiger partial charge is 0.504 e. The number of hydrogen-bond acceptors (Lipinski definition) is 3. The Morgan fingerprint density at radius 1 is 1.64 bits per heavy atom. The van der Waals surface area contributed by atoms with Gasteiger partial charge in [0.2, 0.25) is 0 Å². The predicted octanol–water partition coefficient (Wildman–Crippen LogP) is 2.58.